The van der Waals surface area contributed by atoms with E-state index < -0.39 is 30.8 Å². The van der Waals surface area contributed by atoms with Crippen LogP contribution in [0.25, 0.3) is 0 Å². The Kier molecular flexibility index (Phi) is 4.61. The standard InChI is InChI=1S/C12H15F4N3O/c13-11(14)8-6-9(12(15)16)19(17-8)7-10(20)18-4-2-1-3-5-18/h6,11-12H,1-5,7H2. The minimum absolute atomic E-state index is 0.365. The molecule has 0 unspecified atom stereocenters. The van der Waals surface area contributed by atoms with Crippen molar-refractivity contribution in [1.29, 1.82) is 0 Å². The van der Waals surface area contributed by atoms with Crippen molar-refractivity contribution in [2.24, 2.45) is 0 Å². The highest BCUT2D eigenvalue weighted by molar-refractivity contribution is 5.76. The fourth-order valence-corrected chi connectivity index (χ4v) is 2.23. The number of hydrogen-bond donors (Lipinski definition) is 0. The van der Waals surface area contributed by atoms with E-state index in [-0.39, 0.29) is 5.91 Å². The van der Waals surface area contributed by atoms with Crippen LogP contribution in [0.2, 0.25) is 0 Å². The second-order valence-electron chi connectivity index (χ2n) is 4.69. The van der Waals surface area contributed by atoms with E-state index >= 15 is 0 Å². The Morgan fingerprint density at radius 1 is 1.15 bits per heavy atom. The summed E-state index contributed by atoms with van der Waals surface area (Å²) in [5, 5.41) is 3.40. The maximum Gasteiger partial charge on any atom is 0.282 e. The Morgan fingerprint density at radius 2 is 1.80 bits per heavy atom. The minimum Gasteiger partial charge on any atom is -0.341 e. The predicted molar refractivity (Wildman–Crippen MR) is 62.6 cm³/mol. The summed E-state index contributed by atoms with van der Waals surface area (Å²) in [6, 6.07) is 0.652. The number of alkyl halides is 4. The topological polar surface area (TPSA) is 38.1 Å². The van der Waals surface area contributed by atoms with Gasteiger partial charge in [0.05, 0.1) is 0 Å². The van der Waals surface area contributed by atoms with Crippen molar-refractivity contribution >= 4 is 5.91 Å². The van der Waals surface area contributed by atoms with Crippen LogP contribution in [-0.2, 0) is 11.3 Å². The van der Waals surface area contributed by atoms with Crippen molar-refractivity contribution in [3.8, 4) is 0 Å². The molecule has 1 aliphatic heterocycles. The van der Waals surface area contributed by atoms with Gasteiger partial charge >= 0.3 is 0 Å². The zero-order chi connectivity index (χ0) is 14.7. The summed E-state index contributed by atoms with van der Waals surface area (Å²) in [5.74, 6) is -0.365. The molecule has 0 saturated carbocycles. The summed E-state index contributed by atoms with van der Waals surface area (Å²) in [6.45, 7) is 0.726. The van der Waals surface area contributed by atoms with E-state index in [1.54, 1.807) is 4.90 Å². The molecule has 4 nitrogen and oxygen atoms in total. The molecule has 1 aliphatic rings. The molecule has 2 heterocycles. The van der Waals surface area contributed by atoms with E-state index in [9.17, 15) is 22.4 Å². The first-order valence-electron chi connectivity index (χ1n) is 6.40. The number of hydrogen-bond acceptors (Lipinski definition) is 2. The van der Waals surface area contributed by atoms with Gasteiger partial charge in [0, 0.05) is 13.1 Å². The lowest BCUT2D eigenvalue weighted by molar-refractivity contribution is -0.133. The Morgan fingerprint density at radius 3 is 2.35 bits per heavy atom. The first kappa shape index (κ1) is 14.8. The lowest BCUT2D eigenvalue weighted by Gasteiger charge is -2.26. The van der Waals surface area contributed by atoms with Crippen molar-refractivity contribution in [2.45, 2.75) is 38.7 Å². The van der Waals surface area contributed by atoms with Crippen molar-refractivity contribution in [3.63, 3.8) is 0 Å². The van der Waals surface area contributed by atoms with Crippen LogP contribution in [0.15, 0.2) is 6.07 Å². The largest absolute Gasteiger partial charge is 0.341 e. The number of halogens is 4. The van der Waals surface area contributed by atoms with Crippen molar-refractivity contribution in [3.05, 3.63) is 17.5 Å². The summed E-state index contributed by atoms with van der Waals surface area (Å²) in [7, 11) is 0. The van der Waals surface area contributed by atoms with Gasteiger partial charge in [0.15, 0.2) is 0 Å². The Bertz CT molecular complexity index is 469. The van der Waals surface area contributed by atoms with Crippen LogP contribution in [0, 0.1) is 0 Å². The van der Waals surface area contributed by atoms with Gasteiger partial charge in [-0.05, 0) is 25.3 Å². The molecule has 1 aromatic heterocycles. The molecule has 2 rings (SSSR count). The number of piperidine rings is 1. The average molecular weight is 293 g/mol. The van der Waals surface area contributed by atoms with Crippen LogP contribution >= 0.6 is 0 Å². The molecule has 0 aliphatic carbocycles. The van der Waals surface area contributed by atoms with Crippen LogP contribution in [0.4, 0.5) is 17.6 Å². The van der Waals surface area contributed by atoms with Gasteiger partial charge < -0.3 is 4.90 Å². The summed E-state index contributed by atoms with van der Waals surface area (Å²) in [6.07, 6.45) is -3.10. The monoisotopic (exact) mass is 293 g/mol. The number of carbonyl (C=O) groups is 1. The zero-order valence-electron chi connectivity index (χ0n) is 10.7. The summed E-state index contributed by atoms with van der Waals surface area (Å²) < 4.78 is 51.2. The van der Waals surface area contributed by atoms with E-state index in [1.165, 1.54) is 0 Å². The third-order valence-electron chi connectivity index (χ3n) is 3.27. The van der Waals surface area contributed by atoms with Crippen LogP contribution in [-0.4, -0.2) is 33.7 Å². The quantitative estimate of drug-likeness (QED) is 0.801. The molecule has 0 N–H and O–H groups in total. The fourth-order valence-electron chi connectivity index (χ4n) is 2.23. The van der Waals surface area contributed by atoms with E-state index in [4.69, 9.17) is 0 Å². The SMILES string of the molecule is O=C(Cn1nc(C(F)F)cc1C(F)F)N1CCCCC1. The molecule has 1 saturated heterocycles. The Balaban J connectivity index is 2.12. The van der Waals surface area contributed by atoms with Gasteiger partial charge in [0.1, 0.15) is 17.9 Å². The van der Waals surface area contributed by atoms with Gasteiger partial charge in [-0.3, -0.25) is 9.48 Å². The second kappa shape index (κ2) is 6.23. The maximum atomic E-state index is 12.8. The molecule has 1 fully saturated rings. The van der Waals surface area contributed by atoms with Gasteiger partial charge in [0.25, 0.3) is 12.9 Å². The molecule has 0 radical (unpaired) electrons. The highest BCUT2D eigenvalue weighted by atomic mass is 19.3. The molecule has 0 bridgehead atoms. The molecule has 0 spiro atoms. The number of aromatic nitrogens is 2. The number of nitrogens with zero attached hydrogens (tertiary/aromatic N) is 3. The normalized spacial score (nSPS) is 16.2. The first-order chi connectivity index (χ1) is 9.49. The molecule has 20 heavy (non-hydrogen) atoms. The first-order valence-corrected chi connectivity index (χ1v) is 6.40. The highest BCUT2D eigenvalue weighted by Crippen LogP contribution is 2.25. The van der Waals surface area contributed by atoms with E-state index in [1.807, 2.05) is 0 Å². The third-order valence-corrected chi connectivity index (χ3v) is 3.27. The molecule has 0 aromatic carbocycles. The summed E-state index contributed by atoms with van der Waals surface area (Å²) >= 11 is 0. The highest BCUT2D eigenvalue weighted by Gasteiger charge is 2.24. The van der Waals surface area contributed by atoms with E-state index in [2.05, 4.69) is 5.10 Å². The van der Waals surface area contributed by atoms with Crippen molar-refractivity contribution in [1.82, 2.24) is 14.7 Å². The van der Waals surface area contributed by atoms with Crippen LogP contribution in [0.1, 0.15) is 43.5 Å². The summed E-state index contributed by atoms with van der Waals surface area (Å²) in [5.41, 5.74) is -1.38. The van der Waals surface area contributed by atoms with Gasteiger partial charge in [0.2, 0.25) is 5.91 Å². The van der Waals surface area contributed by atoms with Gasteiger partial charge in [-0.2, -0.15) is 5.10 Å². The smallest absolute Gasteiger partial charge is 0.282 e. The number of amides is 1. The van der Waals surface area contributed by atoms with E-state index in [0.29, 0.717) is 23.8 Å². The van der Waals surface area contributed by atoms with Gasteiger partial charge in [-0.15, -0.1) is 0 Å². The molecule has 0 atom stereocenters. The molecular formula is C12H15F4N3O. The number of likely N-dealkylation sites (tertiary alicyclic amines) is 1. The lowest BCUT2D eigenvalue weighted by atomic mass is 10.1. The second-order valence-corrected chi connectivity index (χ2v) is 4.69. The molecule has 1 aromatic rings. The van der Waals surface area contributed by atoms with Crippen molar-refractivity contribution < 1.29 is 22.4 Å². The van der Waals surface area contributed by atoms with Crippen LogP contribution in [0.5, 0.6) is 0 Å². The van der Waals surface area contributed by atoms with Gasteiger partial charge in [-0.25, -0.2) is 17.6 Å². The van der Waals surface area contributed by atoms with Crippen LogP contribution in [0.3, 0.4) is 0 Å². The Hall–Kier alpha value is -1.60. The molecule has 112 valence electrons. The Labute approximate surface area is 113 Å². The molecular weight excluding hydrogens is 278 g/mol. The van der Waals surface area contributed by atoms with Crippen molar-refractivity contribution in [2.75, 3.05) is 13.1 Å². The number of rotatable bonds is 4. The number of carbonyl (C=O) groups excluding carboxylic acids is 1. The fraction of sp³-hybridized carbons (Fsp3) is 0.667. The summed E-state index contributed by atoms with van der Waals surface area (Å²) in [4.78, 5) is 13.5. The van der Waals surface area contributed by atoms with E-state index in [0.717, 1.165) is 19.3 Å². The molecule has 8 heteroatoms. The average Bonchev–Trinajstić information content (AvgIpc) is 2.84. The minimum atomic E-state index is -2.94. The zero-order valence-corrected chi connectivity index (χ0v) is 10.7. The third kappa shape index (κ3) is 3.29. The predicted octanol–water partition coefficient (Wildman–Crippen LogP) is 2.77. The van der Waals surface area contributed by atoms with Crippen LogP contribution < -0.4 is 0 Å². The molecule has 1 amide bonds. The van der Waals surface area contributed by atoms with Gasteiger partial charge in [-0.1, -0.05) is 0 Å². The maximum absolute atomic E-state index is 12.8. The lowest BCUT2D eigenvalue weighted by Crippen LogP contribution is -2.38.